The van der Waals surface area contributed by atoms with Gasteiger partial charge in [-0.3, -0.25) is 0 Å². The van der Waals surface area contributed by atoms with Gasteiger partial charge in [-0.2, -0.15) is 0 Å². The van der Waals surface area contributed by atoms with Crippen molar-refractivity contribution in [2.75, 3.05) is 33.2 Å². The Morgan fingerprint density at radius 1 is 1.59 bits per heavy atom. The summed E-state index contributed by atoms with van der Waals surface area (Å²) < 4.78 is 0. The third-order valence-corrected chi connectivity index (χ3v) is 4.52. The minimum absolute atomic E-state index is 0.844. The maximum atomic E-state index is 4.28. The lowest BCUT2D eigenvalue weighted by Crippen LogP contribution is -2.37. The first-order valence-corrected chi connectivity index (χ1v) is 7.42. The van der Waals surface area contributed by atoms with E-state index in [1.807, 2.05) is 5.51 Å². The molecule has 0 radical (unpaired) electrons. The molecule has 3 nitrogen and oxygen atoms in total. The van der Waals surface area contributed by atoms with Crippen LogP contribution < -0.4 is 5.32 Å². The number of piperidine rings is 1. The van der Waals surface area contributed by atoms with Gasteiger partial charge in [0.1, 0.15) is 0 Å². The maximum Gasteiger partial charge on any atom is 0.0797 e. The SMILES string of the molecule is Cc1ncsc1CCNCC1CCCN(C)C1. The Balaban J connectivity index is 1.61. The predicted octanol–water partition coefficient (Wildman–Crippen LogP) is 1.93. The number of aromatic nitrogens is 1. The van der Waals surface area contributed by atoms with Gasteiger partial charge in [-0.15, -0.1) is 11.3 Å². The van der Waals surface area contributed by atoms with Gasteiger partial charge in [0.15, 0.2) is 0 Å². The average molecular weight is 253 g/mol. The first-order valence-electron chi connectivity index (χ1n) is 6.54. The van der Waals surface area contributed by atoms with Crippen LogP contribution >= 0.6 is 11.3 Å². The van der Waals surface area contributed by atoms with Crippen LogP contribution in [0.4, 0.5) is 0 Å². The van der Waals surface area contributed by atoms with E-state index in [4.69, 9.17) is 0 Å². The Morgan fingerprint density at radius 2 is 2.47 bits per heavy atom. The molecule has 1 N–H and O–H groups in total. The molecule has 0 aliphatic carbocycles. The van der Waals surface area contributed by atoms with E-state index >= 15 is 0 Å². The number of aryl methyl sites for hydroxylation is 1. The highest BCUT2D eigenvalue weighted by molar-refractivity contribution is 7.09. The molecule has 96 valence electrons. The lowest BCUT2D eigenvalue weighted by molar-refractivity contribution is 0.206. The van der Waals surface area contributed by atoms with Crippen LogP contribution in [-0.4, -0.2) is 43.1 Å². The second-order valence-corrected chi connectivity index (χ2v) is 6.02. The van der Waals surface area contributed by atoms with Crippen LogP contribution in [0.3, 0.4) is 0 Å². The van der Waals surface area contributed by atoms with E-state index in [9.17, 15) is 0 Å². The fraction of sp³-hybridized carbons (Fsp3) is 0.769. The molecule has 1 aromatic heterocycles. The maximum absolute atomic E-state index is 4.28. The van der Waals surface area contributed by atoms with E-state index in [-0.39, 0.29) is 0 Å². The van der Waals surface area contributed by atoms with Crippen molar-refractivity contribution >= 4 is 11.3 Å². The van der Waals surface area contributed by atoms with Gasteiger partial charge in [0.25, 0.3) is 0 Å². The Labute approximate surface area is 108 Å². The summed E-state index contributed by atoms with van der Waals surface area (Å²) in [6.45, 7) is 6.89. The first-order chi connectivity index (χ1) is 8.25. The summed E-state index contributed by atoms with van der Waals surface area (Å²) in [5.41, 5.74) is 3.15. The fourth-order valence-corrected chi connectivity index (χ4v) is 3.30. The van der Waals surface area contributed by atoms with Crippen LogP contribution in [0.2, 0.25) is 0 Å². The van der Waals surface area contributed by atoms with Crippen LogP contribution in [0.15, 0.2) is 5.51 Å². The lowest BCUT2D eigenvalue weighted by Gasteiger charge is -2.29. The van der Waals surface area contributed by atoms with Gasteiger partial charge in [0, 0.05) is 18.0 Å². The molecule has 0 aromatic carbocycles. The van der Waals surface area contributed by atoms with Gasteiger partial charge in [-0.25, -0.2) is 4.98 Å². The molecular weight excluding hydrogens is 230 g/mol. The van der Waals surface area contributed by atoms with Crippen LogP contribution in [0, 0.1) is 12.8 Å². The Bertz CT molecular complexity index is 337. The minimum atomic E-state index is 0.844. The fourth-order valence-electron chi connectivity index (χ4n) is 2.51. The Hall–Kier alpha value is -0.450. The number of rotatable bonds is 5. The number of hydrogen-bond acceptors (Lipinski definition) is 4. The van der Waals surface area contributed by atoms with Crippen molar-refractivity contribution in [2.24, 2.45) is 5.92 Å². The summed E-state index contributed by atoms with van der Waals surface area (Å²) in [6, 6.07) is 0. The molecular formula is C13H23N3S. The van der Waals surface area contributed by atoms with Gasteiger partial charge < -0.3 is 10.2 Å². The monoisotopic (exact) mass is 253 g/mol. The van der Waals surface area contributed by atoms with Crippen LogP contribution in [0.5, 0.6) is 0 Å². The van der Waals surface area contributed by atoms with Crippen molar-refractivity contribution in [2.45, 2.75) is 26.2 Å². The predicted molar refractivity (Wildman–Crippen MR) is 73.6 cm³/mol. The van der Waals surface area contributed by atoms with E-state index in [1.165, 1.54) is 43.0 Å². The number of thiazole rings is 1. The van der Waals surface area contributed by atoms with Crippen molar-refractivity contribution in [3.63, 3.8) is 0 Å². The molecule has 1 aliphatic heterocycles. The molecule has 1 atom stereocenters. The van der Waals surface area contributed by atoms with E-state index in [0.717, 1.165) is 18.9 Å². The van der Waals surface area contributed by atoms with E-state index in [0.29, 0.717) is 0 Å². The number of likely N-dealkylation sites (tertiary alicyclic amines) is 1. The summed E-state index contributed by atoms with van der Waals surface area (Å²) in [6.07, 6.45) is 3.87. The van der Waals surface area contributed by atoms with Crippen molar-refractivity contribution in [1.29, 1.82) is 0 Å². The molecule has 1 aromatic rings. The number of nitrogens with zero attached hydrogens (tertiary/aromatic N) is 2. The lowest BCUT2D eigenvalue weighted by atomic mass is 9.98. The largest absolute Gasteiger partial charge is 0.316 e. The summed E-state index contributed by atoms with van der Waals surface area (Å²) in [5, 5.41) is 3.59. The summed E-state index contributed by atoms with van der Waals surface area (Å²) >= 11 is 1.78. The normalized spacial score (nSPS) is 21.9. The molecule has 4 heteroatoms. The third-order valence-electron chi connectivity index (χ3n) is 3.53. The smallest absolute Gasteiger partial charge is 0.0797 e. The molecule has 1 unspecified atom stereocenters. The van der Waals surface area contributed by atoms with Gasteiger partial charge in [-0.05, 0) is 52.2 Å². The minimum Gasteiger partial charge on any atom is -0.316 e. The highest BCUT2D eigenvalue weighted by atomic mass is 32.1. The van der Waals surface area contributed by atoms with Gasteiger partial charge in [-0.1, -0.05) is 0 Å². The summed E-state index contributed by atoms with van der Waals surface area (Å²) in [4.78, 5) is 8.16. The topological polar surface area (TPSA) is 28.2 Å². The zero-order valence-corrected chi connectivity index (χ0v) is 11.7. The molecule has 0 spiro atoms. The van der Waals surface area contributed by atoms with Crippen LogP contribution in [-0.2, 0) is 6.42 Å². The Kier molecular flexibility index (Phi) is 4.95. The molecule has 0 saturated carbocycles. The molecule has 0 amide bonds. The highest BCUT2D eigenvalue weighted by Crippen LogP contribution is 2.14. The zero-order chi connectivity index (χ0) is 12.1. The zero-order valence-electron chi connectivity index (χ0n) is 10.9. The van der Waals surface area contributed by atoms with E-state index < -0.39 is 0 Å². The Morgan fingerprint density at radius 3 is 3.18 bits per heavy atom. The van der Waals surface area contributed by atoms with Crippen LogP contribution in [0.1, 0.15) is 23.4 Å². The molecule has 1 fully saturated rings. The first kappa shape index (κ1) is 13.0. The van der Waals surface area contributed by atoms with Gasteiger partial charge in [0.05, 0.1) is 11.2 Å². The van der Waals surface area contributed by atoms with Crippen molar-refractivity contribution in [3.05, 3.63) is 16.1 Å². The van der Waals surface area contributed by atoms with Crippen LogP contribution in [0.25, 0.3) is 0 Å². The molecule has 2 rings (SSSR count). The standard InChI is InChI=1S/C13H23N3S/c1-11-13(17-10-15-11)5-6-14-8-12-4-3-7-16(2)9-12/h10,12,14H,3-9H2,1-2H3. The van der Waals surface area contributed by atoms with Gasteiger partial charge >= 0.3 is 0 Å². The number of nitrogens with one attached hydrogen (secondary N) is 1. The highest BCUT2D eigenvalue weighted by Gasteiger charge is 2.16. The quantitative estimate of drug-likeness (QED) is 0.813. The van der Waals surface area contributed by atoms with E-state index in [2.05, 4.69) is 29.2 Å². The van der Waals surface area contributed by atoms with Crippen molar-refractivity contribution in [3.8, 4) is 0 Å². The van der Waals surface area contributed by atoms with Gasteiger partial charge in [0.2, 0.25) is 0 Å². The molecule has 1 aliphatic rings. The second kappa shape index (κ2) is 6.47. The van der Waals surface area contributed by atoms with Crippen molar-refractivity contribution in [1.82, 2.24) is 15.2 Å². The molecule has 17 heavy (non-hydrogen) atoms. The average Bonchev–Trinajstić information content (AvgIpc) is 2.71. The molecule has 2 heterocycles. The third kappa shape index (κ3) is 4.05. The number of hydrogen-bond donors (Lipinski definition) is 1. The van der Waals surface area contributed by atoms with Crippen molar-refractivity contribution < 1.29 is 0 Å². The van der Waals surface area contributed by atoms with E-state index in [1.54, 1.807) is 11.3 Å². The second-order valence-electron chi connectivity index (χ2n) is 5.09. The molecule has 1 saturated heterocycles. The summed E-state index contributed by atoms with van der Waals surface area (Å²) in [5.74, 6) is 0.844. The summed E-state index contributed by atoms with van der Waals surface area (Å²) in [7, 11) is 2.23. The molecule has 0 bridgehead atoms.